The van der Waals surface area contributed by atoms with E-state index in [4.69, 9.17) is 25.8 Å². The molecule has 0 unspecified atom stereocenters. The lowest BCUT2D eigenvalue weighted by molar-refractivity contribution is -0.117. The number of benzene rings is 2. The highest BCUT2D eigenvalue weighted by atomic mass is 35.5. The molecule has 2 aromatic carbocycles. The van der Waals surface area contributed by atoms with Gasteiger partial charge in [-0.05, 0) is 48.7 Å². The lowest BCUT2D eigenvalue weighted by Crippen LogP contribution is -2.41. The van der Waals surface area contributed by atoms with Crippen LogP contribution >= 0.6 is 11.6 Å². The number of hydrogen-bond donors (Lipinski definition) is 1. The van der Waals surface area contributed by atoms with E-state index in [-0.39, 0.29) is 25.6 Å². The molecule has 0 saturated heterocycles. The van der Waals surface area contributed by atoms with Gasteiger partial charge in [0.05, 0.1) is 24.6 Å². The van der Waals surface area contributed by atoms with Crippen LogP contribution in [0, 0.1) is 5.92 Å². The van der Waals surface area contributed by atoms with E-state index in [0.29, 0.717) is 52.8 Å². The lowest BCUT2D eigenvalue weighted by Gasteiger charge is -2.22. The molecule has 196 valence electrons. The second-order valence-electron chi connectivity index (χ2n) is 9.17. The molecule has 0 spiro atoms. The molecule has 0 fully saturated rings. The molecule has 1 aromatic heterocycles. The Morgan fingerprint density at radius 1 is 1.08 bits per heavy atom. The first kappa shape index (κ1) is 26.5. The van der Waals surface area contributed by atoms with Crippen molar-refractivity contribution in [3.8, 4) is 17.2 Å². The Bertz CT molecular complexity index is 1260. The topological polar surface area (TPSA) is 94.9 Å². The summed E-state index contributed by atoms with van der Waals surface area (Å²) in [5, 5.41) is 7.74. The number of hydrogen-bond acceptors (Lipinski definition) is 6. The Morgan fingerprint density at radius 3 is 2.65 bits per heavy atom. The number of rotatable bonds is 3. The van der Waals surface area contributed by atoms with Crippen molar-refractivity contribution in [3.05, 3.63) is 64.9 Å². The van der Waals surface area contributed by atoms with Crippen LogP contribution in [0.25, 0.3) is 0 Å². The molecule has 3 aromatic rings. The maximum Gasteiger partial charge on any atom is 0.272 e. The summed E-state index contributed by atoms with van der Waals surface area (Å²) in [5.41, 5.74) is 1.62. The van der Waals surface area contributed by atoms with E-state index in [1.807, 2.05) is 12.1 Å². The molecule has 1 aliphatic heterocycles. The highest BCUT2D eigenvalue weighted by Gasteiger charge is 2.24. The Hall–Kier alpha value is -3.56. The molecule has 0 radical (unpaired) electrons. The number of fused-ring (bicyclic) bond motifs is 2. The average Bonchev–Trinajstić information content (AvgIpc) is 3.20. The predicted molar refractivity (Wildman–Crippen MR) is 141 cm³/mol. The minimum atomic E-state index is -0.399. The van der Waals surface area contributed by atoms with Crippen LogP contribution in [0.3, 0.4) is 0 Å². The minimum absolute atomic E-state index is 0.189. The van der Waals surface area contributed by atoms with E-state index in [1.165, 1.54) is 4.90 Å². The fourth-order valence-corrected chi connectivity index (χ4v) is 4.14. The number of carbonyl (C=O) groups excluding carboxylic acids is 2. The number of para-hydroxylation sites is 2. The summed E-state index contributed by atoms with van der Waals surface area (Å²) >= 11 is 6.21. The third kappa shape index (κ3) is 7.02. The molecule has 1 aliphatic rings. The number of ether oxygens (including phenoxy) is 3. The van der Waals surface area contributed by atoms with Gasteiger partial charge in [0.15, 0.2) is 17.2 Å². The van der Waals surface area contributed by atoms with Gasteiger partial charge >= 0.3 is 0 Å². The largest absolute Gasteiger partial charge is 0.487 e. The summed E-state index contributed by atoms with van der Waals surface area (Å²) in [7, 11) is 1.73. The Labute approximate surface area is 221 Å². The first-order valence-corrected chi connectivity index (χ1v) is 12.6. The predicted octanol–water partition coefficient (Wildman–Crippen LogP) is 4.55. The Morgan fingerprint density at radius 2 is 1.86 bits per heavy atom. The molecule has 0 atom stereocenters. The van der Waals surface area contributed by atoms with Gasteiger partial charge in [-0.2, -0.15) is 5.10 Å². The maximum atomic E-state index is 13.5. The number of nitrogens with one attached hydrogen (secondary N) is 1. The number of halogens is 1. The van der Waals surface area contributed by atoms with Crippen LogP contribution in [0.1, 0.15) is 30.0 Å². The summed E-state index contributed by atoms with van der Waals surface area (Å²) in [4.78, 5) is 28.0. The summed E-state index contributed by atoms with van der Waals surface area (Å²) in [6.07, 6.45) is 0.755. The van der Waals surface area contributed by atoms with Crippen LogP contribution in [0.4, 0.5) is 5.69 Å². The Balaban J connectivity index is 1.60. The van der Waals surface area contributed by atoms with Crippen molar-refractivity contribution in [2.75, 3.05) is 38.2 Å². The van der Waals surface area contributed by atoms with Crippen molar-refractivity contribution in [2.45, 2.75) is 20.3 Å². The van der Waals surface area contributed by atoms with Gasteiger partial charge in [-0.15, -0.1) is 0 Å². The van der Waals surface area contributed by atoms with Crippen molar-refractivity contribution in [1.29, 1.82) is 0 Å². The van der Waals surface area contributed by atoms with Gasteiger partial charge in [-0.3, -0.25) is 14.3 Å². The second-order valence-corrected chi connectivity index (χ2v) is 9.60. The van der Waals surface area contributed by atoms with E-state index >= 15 is 0 Å². The molecule has 9 nitrogen and oxygen atoms in total. The first-order valence-electron chi connectivity index (χ1n) is 12.2. The van der Waals surface area contributed by atoms with Crippen molar-refractivity contribution in [3.63, 3.8) is 0 Å². The summed E-state index contributed by atoms with van der Waals surface area (Å²) < 4.78 is 19.2. The van der Waals surface area contributed by atoms with Gasteiger partial charge in [-0.1, -0.05) is 37.6 Å². The SMILES string of the molecule is CC(C)Cc1cc(C(=O)N2CCOCCOc3ccccc3Oc3ccc(Cl)cc3NC(=O)C2)n(C)n1. The van der Waals surface area contributed by atoms with Crippen LogP contribution in [-0.4, -0.2) is 59.4 Å². The first-order chi connectivity index (χ1) is 17.8. The van der Waals surface area contributed by atoms with Crippen molar-refractivity contribution < 1.29 is 23.8 Å². The van der Waals surface area contributed by atoms with Crippen LogP contribution in [0.15, 0.2) is 48.5 Å². The van der Waals surface area contributed by atoms with Gasteiger partial charge in [0.1, 0.15) is 18.8 Å². The number of carbonyl (C=O) groups is 2. The highest BCUT2D eigenvalue weighted by molar-refractivity contribution is 6.31. The molecular weight excluding hydrogens is 496 g/mol. The Kier molecular flexibility index (Phi) is 8.68. The molecule has 4 rings (SSSR count). The number of amides is 2. The third-order valence-corrected chi connectivity index (χ3v) is 5.90. The third-order valence-electron chi connectivity index (χ3n) is 5.66. The molecule has 0 aliphatic carbocycles. The van der Waals surface area contributed by atoms with Gasteiger partial charge in [0.25, 0.3) is 5.91 Å². The van der Waals surface area contributed by atoms with Crippen LogP contribution in [0.2, 0.25) is 5.02 Å². The van der Waals surface area contributed by atoms with Gasteiger partial charge in [0.2, 0.25) is 5.91 Å². The number of aryl methyl sites for hydroxylation is 1. The smallest absolute Gasteiger partial charge is 0.272 e. The normalized spacial score (nSPS) is 14.9. The highest BCUT2D eigenvalue weighted by Crippen LogP contribution is 2.36. The average molecular weight is 527 g/mol. The van der Waals surface area contributed by atoms with Crippen molar-refractivity contribution in [1.82, 2.24) is 14.7 Å². The quantitative estimate of drug-likeness (QED) is 0.538. The monoisotopic (exact) mass is 526 g/mol. The summed E-state index contributed by atoms with van der Waals surface area (Å²) in [6, 6.07) is 14.0. The van der Waals surface area contributed by atoms with Crippen LogP contribution in [-0.2, 0) is 23.0 Å². The molecule has 0 saturated carbocycles. The zero-order valence-electron chi connectivity index (χ0n) is 21.2. The van der Waals surface area contributed by atoms with E-state index in [0.717, 1.165) is 12.1 Å². The molecule has 2 heterocycles. The number of aromatic nitrogens is 2. The van der Waals surface area contributed by atoms with Crippen molar-refractivity contribution >= 4 is 29.1 Å². The van der Waals surface area contributed by atoms with Crippen LogP contribution < -0.4 is 14.8 Å². The second kappa shape index (κ2) is 12.1. The van der Waals surface area contributed by atoms with Gasteiger partial charge < -0.3 is 24.4 Å². The zero-order chi connectivity index (χ0) is 26.4. The molecule has 2 amide bonds. The molecule has 10 heteroatoms. The summed E-state index contributed by atoms with van der Waals surface area (Å²) in [5.74, 6) is 1.11. The number of nitrogens with zero attached hydrogens (tertiary/aromatic N) is 3. The molecule has 0 bridgehead atoms. The van der Waals surface area contributed by atoms with E-state index < -0.39 is 5.91 Å². The minimum Gasteiger partial charge on any atom is -0.487 e. The van der Waals surface area contributed by atoms with E-state index in [9.17, 15) is 9.59 Å². The van der Waals surface area contributed by atoms with Gasteiger partial charge in [-0.25, -0.2) is 0 Å². The van der Waals surface area contributed by atoms with E-state index in [2.05, 4.69) is 24.3 Å². The van der Waals surface area contributed by atoms with Gasteiger partial charge in [0, 0.05) is 18.6 Å². The standard InChI is InChI=1S/C27H31ClN4O5/c1-18(2)14-20-16-22(31(3)30-20)27(34)32-10-11-35-12-13-36-24-6-4-5-7-25(24)37-23-9-8-19(28)15-21(23)29-26(33)17-32/h4-9,15-16,18H,10-14,17H2,1-3H3,(H,29,33). The molecule has 37 heavy (non-hydrogen) atoms. The fourth-order valence-electron chi connectivity index (χ4n) is 3.97. The zero-order valence-corrected chi connectivity index (χ0v) is 22.0. The molecular formula is C27H31ClN4O5. The molecule has 1 N–H and O–H groups in total. The maximum absolute atomic E-state index is 13.5. The number of anilines is 1. The van der Waals surface area contributed by atoms with Crippen molar-refractivity contribution in [2.24, 2.45) is 13.0 Å². The fraction of sp³-hybridized carbons (Fsp3) is 0.370. The summed E-state index contributed by atoms with van der Waals surface area (Å²) in [6.45, 7) is 5.05. The lowest BCUT2D eigenvalue weighted by atomic mass is 10.1. The van der Waals surface area contributed by atoms with E-state index in [1.54, 1.807) is 48.1 Å². The van der Waals surface area contributed by atoms with Crippen LogP contribution in [0.5, 0.6) is 17.2 Å².